The Morgan fingerprint density at radius 2 is 1.79 bits per heavy atom. The van der Waals surface area contributed by atoms with Crippen LogP contribution in [-0.4, -0.2) is 23.8 Å². The van der Waals surface area contributed by atoms with E-state index in [2.05, 4.69) is 4.98 Å². The molecule has 0 atom stereocenters. The first-order valence-corrected chi connectivity index (χ1v) is 5.52. The van der Waals surface area contributed by atoms with Crippen molar-refractivity contribution in [3.05, 3.63) is 54.2 Å². The molecule has 2 aromatic rings. The molecule has 2 rings (SSSR count). The Balaban J connectivity index is 2.08. The van der Waals surface area contributed by atoms with Crippen LogP contribution >= 0.6 is 0 Å². The van der Waals surface area contributed by atoms with Crippen LogP contribution in [0.1, 0.15) is 10.4 Å². The summed E-state index contributed by atoms with van der Waals surface area (Å²) in [6, 6.07) is 11.0. The van der Waals surface area contributed by atoms with Crippen LogP contribution in [0.25, 0.3) is 0 Å². The topological polar surface area (TPSA) is 65.5 Å². The average molecular weight is 257 g/mol. The number of carbonyl (C=O) groups excluding carboxylic acids is 2. The smallest absolute Gasteiger partial charge is 0.386 e. The molecule has 0 aliphatic rings. The van der Waals surface area contributed by atoms with Crippen molar-refractivity contribution in [2.24, 2.45) is 0 Å². The first-order chi connectivity index (χ1) is 9.20. The summed E-state index contributed by atoms with van der Waals surface area (Å²) < 4.78 is 9.82. The van der Waals surface area contributed by atoms with Crippen molar-refractivity contribution >= 4 is 11.8 Å². The zero-order valence-electron chi connectivity index (χ0n) is 10.2. The van der Waals surface area contributed by atoms with E-state index in [0.717, 1.165) is 0 Å². The molecule has 0 aliphatic carbocycles. The van der Waals surface area contributed by atoms with E-state index in [1.807, 2.05) is 0 Å². The Morgan fingerprint density at radius 3 is 2.37 bits per heavy atom. The van der Waals surface area contributed by atoms with Crippen LogP contribution in [0, 0.1) is 0 Å². The molecule has 0 aliphatic heterocycles. The van der Waals surface area contributed by atoms with Gasteiger partial charge in [0, 0.05) is 17.8 Å². The predicted octanol–water partition coefficient (Wildman–Crippen LogP) is 1.88. The molecule has 19 heavy (non-hydrogen) atoms. The van der Waals surface area contributed by atoms with Gasteiger partial charge in [0.15, 0.2) is 0 Å². The molecule has 0 N–H and O–H groups in total. The van der Waals surface area contributed by atoms with E-state index in [-0.39, 0.29) is 11.4 Å². The second-order valence-electron chi connectivity index (χ2n) is 3.62. The van der Waals surface area contributed by atoms with Gasteiger partial charge in [0.2, 0.25) is 5.88 Å². The van der Waals surface area contributed by atoms with Crippen molar-refractivity contribution in [2.45, 2.75) is 0 Å². The number of hydrogen-bond donors (Lipinski definition) is 0. The predicted molar refractivity (Wildman–Crippen MR) is 67.2 cm³/mol. The summed E-state index contributed by atoms with van der Waals surface area (Å²) >= 11 is 0. The minimum atomic E-state index is -0.969. The molecule has 0 bridgehead atoms. The van der Waals surface area contributed by atoms with E-state index < -0.39 is 11.8 Å². The van der Waals surface area contributed by atoms with Crippen molar-refractivity contribution in [3.8, 4) is 11.6 Å². The monoisotopic (exact) mass is 257 g/mol. The van der Waals surface area contributed by atoms with Gasteiger partial charge in [0.05, 0.1) is 7.11 Å². The fraction of sp³-hybridized carbons (Fsp3) is 0.0714. The number of ether oxygens (including phenoxy) is 2. The number of rotatable bonds is 4. The molecule has 0 unspecified atom stereocenters. The standard InChI is InChI=1S/C14H11NO4/c1-18-11-7-5-10(6-8-11)13(16)14(17)19-12-4-2-3-9-15-12/h2-9H,1H3. The fourth-order valence-electron chi connectivity index (χ4n) is 1.41. The molecular weight excluding hydrogens is 246 g/mol. The number of aromatic nitrogens is 1. The summed E-state index contributed by atoms with van der Waals surface area (Å²) in [6.45, 7) is 0. The highest BCUT2D eigenvalue weighted by Gasteiger charge is 2.19. The molecule has 0 amide bonds. The third kappa shape index (κ3) is 3.16. The van der Waals surface area contributed by atoms with Crippen LogP contribution < -0.4 is 9.47 Å². The van der Waals surface area contributed by atoms with Gasteiger partial charge in [-0.05, 0) is 30.3 Å². The lowest BCUT2D eigenvalue weighted by Gasteiger charge is -2.03. The summed E-state index contributed by atoms with van der Waals surface area (Å²) in [7, 11) is 1.52. The second-order valence-corrected chi connectivity index (χ2v) is 3.62. The van der Waals surface area contributed by atoms with E-state index >= 15 is 0 Å². The van der Waals surface area contributed by atoms with Crippen LogP contribution in [0.5, 0.6) is 11.6 Å². The van der Waals surface area contributed by atoms with E-state index in [4.69, 9.17) is 9.47 Å². The highest BCUT2D eigenvalue weighted by Crippen LogP contribution is 2.13. The minimum absolute atomic E-state index is 0.0920. The molecule has 0 radical (unpaired) electrons. The summed E-state index contributed by atoms with van der Waals surface area (Å²) in [6.07, 6.45) is 1.47. The molecule has 1 aromatic heterocycles. The van der Waals surface area contributed by atoms with Crippen LogP contribution in [-0.2, 0) is 4.79 Å². The van der Waals surface area contributed by atoms with Gasteiger partial charge in [0.25, 0.3) is 5.78 Å². The van der Waals surface area contributed by atoms with E-state index in [0.29, 0.717) is 5.75 Å². The Hall–Kier alpha value is -2.69. The van der Waals surface area contributed by atoms with Crippen molar-refractivity contribution in [3.63, 3.8) is 0 Å². The zero-order chi connectivity index (χ0) is 13.7. The maximum atomic E-state index is 11.8. The number of ketones is 1. The van der Waals surface area contributed by atoms with Gasteiger partial charge in [-0.2, -0.15) is 0 Å². The largest absolute Gasteiger partial charge is 0.497 e. The van der Waals surface area contributed by atoms with Gasteiger partial charge in [0.1, 0.15) is 5.75 Å². The summed E-state index contributed by atoms with van der Waals surface area (Å²) in [4.78, 5) is 27.2. The van der Waals surface area contributed by atoms with Crippen LogP contribution in [0.2, 0.25) is 0 Å². The number of esters is 1. The van der Waals surface area contributed by atoms with Gasteiger partial charge in [-0.1, -0.05) is 6.07 Å². The van der Waals surface area contributed by atoms with E-state index in [1.54, 1.807) is 24.3 Å². The number of carbonyl (C=O) groups is 2. The SMILES string of the molecule is COc1ccc(C(=O)C(=O)Oc2ccccn2)cc1. The highest BCUT2D eigenvalue weighted by molar-refractivity contribution is 6.41. The van der Waals surface area contributed by atoms with Gasteiger partial charge in [-0.25, -0.2) is 9.78 Å². The quantitative estimate of drug-likeness (QED) is 0.475. The Morgan fingerprint density at radius 1 is 1.05 bits per heavy atom. The molecule has 1 aromatic carbocycles. The van der Waals surface area contributed by atoms with E-state index in [9.17, 15) is 9.59 Å². The fourth-order valence-corrected chi connectivity index (χ4v) is 1.41. The van der Waals surface area contributed by atoms with Gasteiger partial charge in [-0.15, -0.1) is 0 Å². The lowest BCUT2D eigenvalue weighted by molar-refractivity contribution is -0.129. The molecule has 5 nitrogen and oxygen atoms in total. The Labute approximate surface area is 109 Å². The molecule has 5 heteroatoms. The third-order valence-corrected chi connectivity index (χ3v) is 2.37. The first kappa shape index (κ1) is 12.8. The number of nitrogens with zero attached hydrogens (tertiary/aromatic N) is 1. The molecule has 0 saturated carbocycles. The number of benzene rings is 1. The maximum absolute atomic E-state index is 11.8. The van der Waals surface area contributed by atoms with Crippen molar-refractivity contribution in [1.29, 1.82) is 0 Å². The normalized spacial score (nSPS) is 9.74. The van der Waals surface area contributed by atoms with Gasteiger partial charge in [-0.3, -0.25) is 4.79 Å². The third-order valence-electron chi connectivity index (χ3n) is 2.37. The zero-order valence-corrected chi connectivity index (χ0v) is 10.2. The summed E-state index contributed by atoms with van der Waals surface area (Å²) in [5.41, 5.74) is 0.238. The summed E-state index contributed by atoms with van der Waals surface area (Å²) in [5, 5.41) is 0. The van der Waals surface area contributed by atoms with Crippen LogP contribution in [0.3, 0.4) is 0 Å². The van der Waals surface area contributed by atoms with Crippen LogP contribution in [0.15, 0.2) is 48.7 Å². The molecule has 0 saturated heterocycles. The average Bonchev–Trinajstić information content (AvgIpc) is 2.47. The minimum Gasteiger partial charge on any atom is -0.497 e. The number of hydrogen-bond acceptors (Lipinski definition) is 5. The summed E-state index contributed by atoms with van der Waals surface area (Å²) in [5.74, 6) is -0.999. The second kappa shape index (κ2) is 5.77. The van der Waals surface area contributed by atoms with Gasteiger partial charge < -0.3 is 9.47 Å². The number of methoxy groups -OCH3 is 1. The first-order valence-electron chi connectivity index (χ1n) is 5.52. The highest BCUT2D eigenvalue weighted by atomic mass is 16.5. The van der Waals surface area contributed by atoms with Crippen molar-refractivity contribution < 1.29 is 19.1 Å². The Kier molecular flexibility index (Phi) is 3.87. The van der Waals surface area contributed by atoms with E-state index in [1.165, 1.54) is 31.5 Å². The molecule has 96 valence electrons. The van der Waals surface area contributed by atoms with Crippen molar-refractivity contribution in [2.75, 3.05) is 7.11 Å². The maximum Gasteiger partial charge on any atom is 0.386 e. The molecular formula is C14H11NO4. The number of Topliss-reactive ketones (excluding diaryl/α,β-unsaturated/α-hetero) is 1. The Bertz CT molecular complexity index is 578. The molecule has 0 spiro atoms. The number of pyridine rings is 1. The van der Waals surface area contributed by atoms with Crippen molar-refractivity contribution in [1.82, 2.24) is 4.98 Å². The lowest BCUT2D eigenvalue weighted by Crippen LogP contribution is -2.20. The molecule has 1 heterocycles. The lowest BCUT2D eigenvalue weighted by atomic mass is 10.1. The van der Waals surface area contributed by atoms with Gasteiger partial charge >= 0.3 is 5.97 Å². The van der Waals surface area contributed by atoms with Crippen LogP contribution in [0.4, 0.5) is 0 Å². The molecule has 0 fully saturated rings.